The second-order valence-electron chi connectivity index (χ2n) is 5.18. The van der Waals surface area contributed by atoms with Crippen molar-refractivity contribution < 1.29 is 4.21 Å². The summed E-state index contributed by atoms with van der Waals surface area (Å²) in [5, 5.41) is 2.10. The zero-order valence-electron chi connectivity index (χ0n) is 10.1. The quantitative estimate of drug-likeness (QED) is 0.795. The lowest BCUT2D eigenvalue weighted by atomic mass is 10.2. The minimum atomic E-state index is -0.887. The maximum absolute atomic E-state index is 12.4. The Morgan fingerprint density at radius 2 is 2.25 bits per heavy atom. The molecule has 4 heteroatoms. The van der Waals surface area contributed by atoms with E-state index in [1.807, 2.05) is 20.8 Å². The summed E-state index contributed by atoms with van der Waals surface area (Å²) in [5.74, 6) is 0. The van der Waals surface area contributed by atoms with Crippen molar-refractivity contribution >= 4 is 22.3 Å². The van der Waals surface area contributed by atoms with Gasteiger partial charge in [0.25, 0.3) is 0 Å². The van der Waals surface area contributed by atoms with Gasteiger partial charge in [0.15, 0.2) is 0 Å². The van der Waals surface area contributed by atoms with Crippen molar-refractivity contribution in [3.8, 4) is 0 Å². The summed E-state index contributed by atoms with van der Waals surface area (Å²) in [7, 11) is -0.887. The fourth-order valence-corrected chi connectivity index (χ4v) is 4.44. The molecule has 1 fully saturated rings. The molecule has 1 aliphatic rings. The molecule has 2 unspecified atom stereocenters. The van der Waals surface area contributed by atoms with Gasteiger partial charge in [-0.2, -0.15) is 0 Å². The number of hydrogen-bond acceptors (Lipinski definition) is 2. The van der Waals surface area contributed by atoms with Gasteiger partial charge in [-0.15, -0.1) is 11.3 Å². The Morgan fingerprint density at radius 1 is 1.50 bits per heavy atom. The molecular formula is C12H19NOS2. The van der Waals surface area contributed by atoms with Gasteiger partial charge in [0, 0.05) is 11.4 Å². The summed E-state index contributed by atoms with van der Waals surface area (Å²) in [6.07, 6.45) is 2.30. The Kier molecular flexibility index (Phi) is 3.52. The molecule has 1 aliphatic heterocycles. The number of nitrogens with zero attached hydrogens (tertiary/aromatic N) is 1. The molecular weight excluding hydrogens is 238 g/mol. The molecule has 16 heavy (non-hydrogen) atoms. The van der Waals surface area contributed by atoms with Crippen LogP contribution in [0.5, 0.6) is 0 Å². The van der Waals surface area contributed by atoms with Gasteiger partial charge in [0.05, 0.1) is 10.8 Å². The van der Waals surface area contributed by atoms with Crippen LogP contribution in [0.2, 0.25) is 0 Å². The SMILES string of the molecule is CC(C)(C)S(=O)N1CCCC1c1cccs1. The average molecular weight is 257 g/mol. The van der Waals surface area contributed by atoms with Crippen molar-refractivity contribution in [2.75, 3.05) is 6.54 Å². The molecule has 1 aromatic rings. The largest absolute Gasteiger partial charge is 0.242 e. The first-order valence-corrected chi connectivity index (χ1v) is 7.71. The van der Waals surface area contributed by atoms with Gasteiger partial charge in [0.1, 0.15) is 11.0 Å². The fourth-order valence-electron chi connectivity index (χ4n) is 2.06. The summed E-state index contributed by atoms with van der Waals surface area (Å²) in [6, 6.07) is 4.62. The van der Waals surface area contributed by atoms with Crippen molar-refractivity contribution in [2.24, 2.45) is 0 Å². The topological polar surface area (TPSA) is 20.3 Å². The zero-order chi connectivity index (χ0) is 11.8. The van der Waals surface area contributed by atoms with E-state index in [1.165, 1.54) is 4.88 Å². The average Bonchev–Trinajstić information content (AvgIpc) is 2.85. The van der Waals surface area contributed by atoms with E-state index in [0.717, 1.165) is 19.4 Å². The van der Waals surface area contributed by atoms with E-state index in [4.69, 9.17) is 0 Å². The molecule has 1 aromatic heterocycles. The zero-order valence-corrected chi connectivity index (χ0v) is 11.7. The summed E-state index contributed by atoms with van der Waals surface area (Å²) >= 11 is 1.78. The number of rotatable bonds is 2. The van der Waals surface area contributed by atoms with Crippen LogP contribution in [0.4, 0.5) is 0 Å². The molecule has 2 rings (SSSR count). The Morgan fingerprint density at radius 3 is 2.81 bits per heavy atom. The van der Waals surface area contributed by atoms with E-state index < -0.39 is 11.0 Å². The fraction of sp³-hybridized carbons (Fsp3) is 0.667. The number of hydrogen-bond donors (Lipinski definition) is 0. The Labute approximate surface area is 104 Å². The van der Waals surface area contributed by atoms with Crippen molar-refractivity contribution in [2.45, 2.75) is 44.4 Å². The van der Waals surface area contributed by atoms with Crippen LogP contribution in [0, 0.1) is 0 Å². The monoisotopic (exact) mass is 257 g/mol. The third kappa shape index (κ3) is 2.39. The van der Waals surface area contributed by atoms with Crippen LogP contribution in [-0.4, -0.2) is 19.8 Å². The van der Waals surface area contributed by atoms with E-state index in [9.17, 15) is 4.21 Å². The second kappa shape index (κ2) is 4.59. The molecule has 0 saturated carbocycles. The Balaban J connectivity index is 2.19. The van der Waals surface area contributed by atoms with E-state index in [1.54, 1.807) is 11.3 Å². The van der Waals surface area contributed by atoms with E-state index >= 15 is 0 Å². The second-order valence-corrected chi connectivity index (χ2v) is 8.35. The third-order valence-electron chi connectivity index (χ3n) is 2.81. The van der Waals surface area contributed by atoms with Gasteiger partial charge in [0.2, 0.25) is 0 Å². The first kappa shape index (κ1) is 12.3. The first-order chi connectivity index (χ1) is 7.50. The smallest absolute Gasteiger partial charge is 0.100 e. The maximum atomic E-state index is 12.4. The van der Waals surface area contributed by atoms with Crippen molar-refractivity contribution in [3.63, 3.8) is 0 Å². The van der Waals surface area contributed by atoms with Crippen LogP contribution < -0.4 is 0 Å². The van der Waals surface area contributed by atoms with Crippen LogP contribution in [0.15, 0.2) is 17.5 Å². The molecule has 0 aromatic carbocycles. The lowest BCUT2D eigenvalue weighted by molar-refractivity contribution is 0.421. The lowest BCUT2D eigenvalue weighted by Crippen LogP contribution is -2.36. The highest BCUT2D eigenvalue weighted by Crippen LogP contribution is 2.37. The van der Waals surface area contributed by atoms with Gasteiger partial charge in [-0.25, -0.2) is 8.51 Å². The van der Waals surface area contributed by atoms with Crippen molar-refractivity contribution in [1.29, 1.82) is 0 Å². The standard InChI is InChI=1S/C12H19NOS2/c1-12(2,3)16(14)13-8-4-6-10(13)11-7-5-9-15-11/h5,7,9-10H,4,6,8H2,1-3H3. The molecule has 0 spiro atoms. The Bertz CT molecular complexity index is 367. The van der Waals surface area contributed by atoms with Crippen LogP contribution in [0.3, 0.4) is 0 Å². The van der Waals surface area contributed by atoms with Crippen LogP contribution in [0.25, 0.3) is 0 Å². The van der Waals surface area contributed by atoms with E-state index in [0.29, 0.717) is 6.04 Å². The molecule has 0 aliphatic carbocycles. The summed E-state index contributed by atoms with van der Waals surface area (Å²) < 4.78 is 14.4. The van der Waals surface area contributed by atoms with Gasteiger partial charge in [-0.3, -0.25) is 0 Å². The molecule has 1 saturated heterocycles. The van der Waals surface area contributed by atoms with Crippen LogP contribution in [0.1, 0.15) is 44.5 Å². The van der Waals surface area contributed by atoms with Gasteiger partial charge < -0.3 is 0 Å². The van der Waals surface area contributed by atoms with Crippen molar-refractivity contribution in [1.82, 2.24) is 4.31 Å². The highest BCUT2D eigenvalue weighted by Gasteiger charge is 2.35. The predicted molar refractivity (Wildman–Crippen MR) is 70.9 cm³/mol. The van der Waals surface area contributed by atoms with Crippen LogP contribution in [-0.2, 0) is 11.0 Å². The molecule has 0 radical (unpaired) electrons. The van der Waals surface area contributed by atoms with Gasteiger partial charge >= 0.3 is 0 Å². The molecule has 0 N–H and O–H groups in total. The maximum Gasteiger partial charge on any atom is 0.100 e. The normalized spacial score (nSPS) is 24.8. The Hall–Kier alpha value is -0.190. The van der Waals surface area contributed by atoms with Gasteiger partial charge in [-0.05, 0) is 45.1 Å². The van der Waals surface area contributed by atoms with Crippen LogP contribution >= 0.6 is 11.3 Å². The molecule has 0 amide bonds. The minimum Gasteiger partial charge on any atom is -0.242 e. The predicted octanol–water partition coefficient (Wildman–Crippen LogP) is 3.35. The molecule has 2 heterocycles. The minimum absolute atomic E-state index is 0.153. The van der Waals surface area contributed by atoms with Crippen molar-refractivity contribution in [3.05, 3.63) is 22.4 Å². The summed E-state index contributed by atoms with van der Waals surface area (Å²) in [5.41, 5.74) is 0. The van der Waals surface area contributed by atoms with E-state index in [-0.39, 0.29) is 4.75 Å². The highest BCUT2D eigenvalue weighted by molar-refractivity contribution is 7.84. The highest BCUT2D eigenvalue weighted by atomic mass is 32.2. The first-order valence-electron chi connectivity index (χ1n) is 5.72. The van der Waals surface area contributed by atoms with Gasteiger partial charge in [-0.1, -0.05) is 6.07 Å². The molecule has 0 bridgehead atoms. The lowest BCUT2D eigenvalue weighted by Gasteiger charge is -2.29. The third-order valence-corrected chi connectivity index (χ3v) is 5.70. The molecule has 2 nitrogen and oxygen atoms in total. The number of thiophene rings is 1. The summed E-state index contributed by atoms with van der Waals surface area (Å²) in [6.45, 7) is 7.11. The molecule has 90 valence electrons. The summed E-state index contributed by atoms with van der Waals surface area (Å²) in [4.78, 5) is 1.36. The van der Waals surface area contributed by atoms with E-state index in [2.05, 4.69) is 21.8 Å². The molecule has 2 atom stereocenters.